The van der Waals surface area contributed by atoms with Gasteiger partial charge in [-0.2, -0.15) is 0 Å². The standard InChI is InChI=1S/C13H21N3O/c1-2-12(15-4-1)13(11-3-5-14-10-11)16-6-8-17-9-7-16/h3,5,10,12-15H,1-2,4,6-9H2. The molecule has 0 spiro atoms. The smallest absolute Gasteiger partial charge is 0.0594 e. The lowest BCUT2D eigenvalue weighted by atomic mass is 9.98. The summed E-state index contributed by atoms with van der Waals surface area (Å²) in [6.45, 7) is 5.00. The Morgan fingerprint density at radius 3 is 2.88 bits per heavy atom. The minimum Gasteiger partial charge on any atom is -0.379 e. The Kier molecular flexibility index (Phi) is 3.45. The molecule has 2 fully saturated rings. The van der Waals surface area contributed by atoms with Crippen molar-refractivity contribution in [3.63, 3.8) is 0 Å². The number of nitrogens with zero attached hydrogens (tertiary/aromatic N) is 1. The normalized spacial score (nSPS) is 28.4. The number of H-pyrrole nitrogens is 1. The van der Waals surface area contributed by atoms with E-state index in [4.69, 9.17) is 4.74 Å². The van der Waals surface area contributed by atoms with Crippen LogP contribution in [0.25, 0.3) is 0 Å². The molecule has 2 aliphatic rings. The molecule has 2 saturated heterocycles. The first-order chi connectivity index (χ1) is 8.45. The first-order valence-corrected chi connectivity index (χ1v) is 6.63. The van der Waals surface area contributed by atoms with Crippen molar-refractivity contribution in [3.05, 3.63) is 24.0 Å². The lowest BCUT2D eigenvalue weighted by Gasteiger charge is -2.37. The second kappa shape index (κ2) is 5.21. The van der Waals surface area contributed by atoms with Gasteiger partial charge in [0.15, 0.2) is 0 Å². The van der Waals surface area contributed by atoms with Crippen LogP contribution in [0.4, 0.5) is 0 Å². The Balaban J connectivity index is 1.79. The number of aromatic amines is 1. The van der Waals surface area contributed by atoms with Crippen molar-refractivity contribution in [3.8, 4) is 0 Å². The summed E-state index contributed by atoms with van der Waals surface area (Å²) in [7, 11) is 0. The maximum Gasteiger partial charge on any atom is 0.0594 e. The quantitative estimate of drug-likeness (QED) is 0.825. The van der Waals surface area contributed by atoms with Gasteiger partial charge in [-0.15, -0.1) is 0 Å². The number of ether oxygens (including phenoxy) is 1. The van der Waals surface area contributed by atoms with Crippen LogP contribution in [-0.4, -0.2) is 48.8 Å². The highest BCUT2D eigenvalue weighted by Gasteiger charge is 2.31. The molecule has 3 heterocycles. The molecule has 0 amide bonds. The van der Waals surface area contributed by atoms with E-state index in [-0.39, 0.29) is 0 Å². The summed E-state index contributed by atoms with van der Waals surface area (Å²) in [6, 6.07) is 3.32. The molecular weight excluding hydrogens is 214 g/mol. The lowest BCUT2D eigenvalue weighted by molar-refractivity contribution is 0.00878. The van der Waals surface area contributed by atoms with E-state index < -0.39 is 0 Å². The van der Waals surface area contributed by atoms with E-state index in [0.29, 0.717) is 12.1 Å². The maximum absolute atomic E-state index is 5.46. The SMILES string of the molecule is c1cc(C(C2CCCN2)N2CCOCC2)c[nH]1. The Hall–Kier alpha value is -0.840. The van der Waals surface area contributed by atoms with E-state index in [1.54, 1.807) is 0 Å². The molecule has 0 saturated carbocycles. The van der Waals surface area contributed by atoms with Gasteiger partial charge in [-0.1, -0.05) is 0 Å². The van der Waals surface area contributed by atoms with Gasteiger partial charge in [0.25, 0.3) is 0 Å². The predicted molar refractivity (Wildman–Crippen MR) is 67.0 cm³/mol. The van der Waals surface area contributed by atoms with Crippen molar-refractivity contribution in [1.29, 1.82) is 0 Å². The summed E-state index contributed by atoms with van der Waals surface area (Å²) in [6.07, 6.45) is 6.75. The molecule has 0 aliphatic carbocycles. The van der Waals surface area contributed by atoms with Crippen LogP contribution >= 0.6 is 0 Å². The van der Waals surface area contributed by atoms with Crippen LogP contribution in [0.5, 0.6) is 0 Å². The molecule has 0 bridgehead atoms. The van der Waals surface area contributed by atoms with Crippen molar-refractivity contribution in [2.45, 2.75) is 24.9 Å². The number of morpholine rings is 1. The van der Waals surface area contributed by atoms with Crippen molar-refractivity contribution in [2.75, 3.05) is 32.8 Å². The second-order valence-electron chi connectivity index (χ2n) is 4.94. The number of nitrogens with one attached hydrogen (secondary N) is 2. The van der Waals surface area contributed by atoms with Gasteiger partial charge in [0, 0.05) is 31.5 Å². The van der Waals surface area contributed by atoms with Crippen LogP contribution in [0.3, 0.4) is 0 Å². The summed E-state index contributed by atoms with van der Waals surface area (Å²) in [5.74, 6) is 0. The third-order valence-electron chi connectivity index (χ3n) is 3.88. The third kappa shape index (κ3) is 2.39. The molecule has 0 aromatic carbocycles. The molecule has 2 aliphatic heterocycles. The van der Waals surface area contributed by atoms with Crippen LogP contribution in [0, 0.1) is 0 Å². The van der Waals surface area contributed by atoms with Gasteiger partial charge in [0.05, 0.1) is 19.3 Å². The zero-order valence-corrected chi connectivity index (χ0v) is 10.2. The van der Waals surface area contributed by atoms with Gasteiger partial charge >= 0.3 is 0 Å². The van der Waals surface area contributed by atoms with Crippen LogP contribution in [-0.2, 0) is 4.74 Å². The topological polar surface area (TPSA) is 40.3 Å². The number of aromatic nitrogens is 1. The maximum atomic E-state index is 5.46. The second-order valence-corrected chi connectivity index (χ2v) is 4.94. The highest BCUT2D eigenvalue weighted by Crippen LogP contribution is 2.29. The van der Waals surface area contributed by atoms with Gasteiger partial charge in [0.1, 0.15) is 0 Å². The van der Waals surface area contributed by atoms with Crippen molar-refractivity contribution in [1.82, 2.24) is 15.2 Å². The monoisotopic (exact) mass is 235 g/mol. The zero-order valence-electron chi connectivity index (χ0n) is 10.2. The Bertz CT molecular complexity index is 326. The third-order valence-corrected chi connectivity index (χ3v) is 3.88. The van der Waals surface area contributed by atoms with Crippen LogP contribution in [0.15, 0.2) is 18.5 Å². The molecule has 0 radical (unpaired) electrons. The van der Waals surface area contributed by atoms with Crippen molar-refractivity contribution in [2.24, 2.45) is 0 Å². The number of hydrogen-bond acceptors (Lipinski definition) is 3. The fraction of sp³-hybridized carbons (Fsp3) is 0.692. The fourth-order valence-electron chi connectivity index (χ4n) is 3.06. The molecule has 1 aromatic heterocycles. The van der Waals surface area contributed by atoms with Crippen LogP contribution in [0.2, 0.25) is 0 Å². The molecule has 4 nitrogen and oxygen atoms in total. The lowest BCUT2D eigenvalue weighted by Crippen LogP contribution is -2.46. The average Bonchev–Trinajstić information content (AvgIpc) is 3.04. The molecule has 2 N–H and O–H groups in total. The molecule has 4 heteroatoms. The first kappa shape index (κ1) is 11.3. The summed E-state index contributed by atoms with van der Waals surface area (Å²) >= 11 is 0. The molecule has 3 rings (SSSR count). The van der Waals surface area contributed by atoms with E-state index in [0.717, 1.165) is 32.8 Å². The first-order valence-electron chi connectivity index (χ1n) is 6.63. The number of hydrogen-bond donors (Lipinski definition) is 2. The largest absolute Gasteiger partial charge is 0.379 e. The Morgan fingerprint density at radius 1 is 1.35 bits per heavy atom. The Labute approximate surface area is 102 Å². The van der Waals surface area contributed by atoms with E-state index in [1.165, 1.54) is 18.4 Å². The van der Waals surface area contributed by atoms with Gasteiger partial charge in [-0.3, -0.25) is 4.90 Å². The minimum absolute atomic E-state index is 0.507. The molecule has 1 aromatic rings. The minimum atomic E-state index is 0.507. The fourth-order valence-corrected chi connectivity index (χ4v) is 3.06. The van der Waals surface area contributed by atoms with Gasteiger partial charge in [-0.05, 0) is 31.0 Å². The summed E-state index contributed by atoms with van der Waals surface area (Å²) in [5, 5.41) is 3.65. The molecule has 94 valence electrons. The van der Waals surface area contributed by atoms with Crippen molar-refractivity contribution < 1.29 is 4.74 Å². The summed E-state index contributed by atoms with van der Waals surface area (Å²) in [4.78, 5) is 5.75. The van der Waals surface area contributed by atoms with Gasteiger partial charge < -0.3 is 15.0 Å². The zero-order chi connectivity index (χ0) is 11.5. The van der Waals surface area contributed by atoms with Crippen molar-refractivity contribution >= 4 is 0 Å². The van der Waals surface area contributed by atoms with E-state index >= 15 is 0 Å². The summed E-state index contributed by atoms with van der Waals surface area (Å²) in [5.41, 5.74) is 1.41. The summed E-state index contributed by atoms with van der Waals surface area (Å²) < 4.78 is 5.46. The van der Waals surface area contributed by atoms with Gasteiger partial charge in [0.2, 0.25) is 0 Å². The average molecular weight is 235 g/mol. The predicted octanol–water partition coefficient (Wildman–Crippen LogP) is 1.14. The van der Waals surface area contributed by atoms with E-state index in [9.17, 15) is 0 Å². The van der Waals surface area contributed by atoms with Crippen LogP contribution in [0.1, 0.15) is 24.4 Å². The highest BCUT2D eigenvalue weighted by molar-refractivity contribution is 5.17. The molecule has 2 atom stereocenters. The number of rotatable bonds is 3. The van der Waals surface area contributed by atoms with Crippen LogP contribution < -0.4 is 5.32 Å². The van der Waals surface area contributed by atoms with E-state index in [2.05, 4.69) is 27.5 Å². The molecular formula is C13H21N3O. The molecule has 17 heavy (non-hydrogen) atoms. The highest BCUT2D eigenvalue weighted by atomic mass is 16.5. The Morgan fingerprint density at radius 2 is 2.24 bits per heavy atom. The van der Waals surface area contributed by atoms with Gasteiger partial charge in [-0.25, -0.2) is 0 Å². The molecule has 2 unspecified atom stereocenters. The van der Waals surface area contributed by atoms with E-state index in [1.807, 2.05) is 6.20 Å².